The van der Waals surface area contributed by atoms with Crippen LogP contribution in [0.25, 0.3) is 0 Å². The van der Waals surface area contributed by atoms with Gasteiger partial charge in [0.2, 0.25) is 5.91 Å². The van der Waals surface area contributed by atoms with Crippen LogP contribution < -0.4 is 4.90 Å². The van der Waals surface area contributed by atoms with Gasteiger partial charge in [0.1, 0.15) is 12.6 Å². The van der Waals surface area contributed by atoms with E-state index < -0.39 is 23.8 Å². The maximum Gasteiger partial charge on any atom is 0.417 e. The number of amides is 2. The summed E-state index contributed by atoms with van der Waals surface area (Å²) in [7, 11) is 0. The van der Waals surface area contributed by atoms with Crippen LogP contribution in [0.15, 0.2) is 115 Å². The van der Waals surface area contributed by atoms with Crippen LogP contribution in [-0.2, 0) is 32.1 Å². The van der Waals surface area contributed by atoms with Gasteiger partial charge in [-0.05, 0) is 54.2 Å². The number of ether oxygens (including phenoxy) is 3. The minimum absolute atomic E-state index is 0.111. The highest BCUT2D eigenvalue weighted by Crippen LogP contribution is 2.44. The van der Waals surface area contributed by atoms with Gasteiger partial charge in [0.25, 0.3) is 0 Å². The molecule has 0 bridgehead atoms. The van der Waals surface area contributed by atoms with Crippen LogP contribution in [0.5, 0.6) is 0 Å². The second-order valence-corrected chi connectivity index (χ2v) is 12.2. The molecule has 3 atom stereocenters. The Hall–Kier alpha value is -4.46. The molecule has 46 heavy (non-hydrogen) atoms. The van der Waals surface area contributed by atoms with Gasteiger partial charge >= 0.3 is 6.09 Å². The maximum absolute atomic E-state index is 14.8. The zero-order valence-electron chi connectivity index (χ0n) is 26.6. The van der Waals surface area contributed by atoms with Crippen molar-refractivity contribution in [3.05, 3.63) is 138 Å². The second-order valence-electron chi connectivity index (χ2n) is 12.2. The van der Waals surface area contributed by atoms with E-state index in [1.165, 1.54) is 16.0 Å². The first-order chi connectivity index (χ1) is 22.5. The molecular formula is C39H42N2O5. The number of anilines is 1. The predicted octanol–water partition coefficient (Wildman–Crippen LogP) is 7.88. The lowest BCUT2D eigenvalue weighted by atomic mass is 9.77. The number of rotatable bonds is 11. The molecule has 2 aliphatic rings. The molecule has 0 spiro atoms. The number of nitrogens with zero attached hydrogens (tertiary/aromatic N) is 2. The third-order valence-corrected chi connectivity index (χ3v) is 9.13. The Morgan fingerprint density at radius 2 is 1.43 bits per heavy atom. The van der Waals surface area contributed by atoms with E-state index in [4.69, 9.17) is 14.2 Å². The molecule has 0 aromatic heterocycles. The van der Waals surface area contributed by atoms with Crippen LogP contribution in [0.4, 0.5) is 10.5 Å². The fourth-order valence-corrected chi connectivity index (χ4v) is 6.79. The van der Waals surface area contributed by atoms with Crippen LogP contribution in [0.3, 0.4) is 0 Å². The van der Waals surface area contributed by atoms with Gasteiger partial charge in [-0.2, -0.15) is 0 Å². The zero-order valence-corrected chi connectivity index (χ0v) is 26.6. The molecule has 0 radical (unpaired) electrons. The first-order valence-corrected chi connectivity index (χ1v) is 16.2. The molecule has 2 unspecified atom stereocenters. The molecule has 0 saturated carbocycles. The summed E-state index contributed by atoms with van der Waals surface area (Å²) in [5.41, 5.74) is 5.31. The van der Waals surface area contributed by atoms with E-state index in [-0.39, 0.29) is 18.4 Å². The molecule has 0 aliphatic carbocycles. The molecule has 0 N–H and O–H groups in total. The predicted molar refractivity (Wildman–Crippen MR) is 178 cm³/mol. The van der Waals surface area contributed by atoms with Gasteiger partial charge in [-0.1, -0.05) is 110 Å². The van der Waals surface area contributed by atoms with E-state index in [1.807, 2.05) is 49.4 Å². The highest BCUT2D eigenvalue weighted by Gasteiger charge is 2.52. The summed E-state index contributed by atoms with van der Waals surface area (Å²) in [4.78, 5) is 31.6. The van der Waals surface area contributed by atoms with Crippen LogP contribution >= 0.6 is 0 Å². The normalized spacial score (nSPS) is 18.9. The molecule has 6 rings (SSSR count). The minimum Gasteiger partial charge on any atom is -0.446 e. The van der Waals surface area contributed by atoms with Crippen molar-refractivity contribution in [2.75, 3.05) is 24.7 Å². The lowest BCUT2D eigenvalue weighted by Crippen LogP contribution is -2.54. The number of hydrogen-bond donors (Lipinski definition) is 0. The van der Waals surface area contributed by atoms with Gasteiger partial charge in [-0.25, -0.2) is 9.69 Å². The van der Waals surface area contributed by atoms with Gasteiger partial charge < -0.3 is 19.1 Å². The van der Waals surface area contributed by atoms with Crippen molar-refractivity contribution < 1.29 is 23.8 Å². The highest BCUT2D eigenvalue weighted by molar-refractivity contribution is 5.96. The molecular weight excluding hydrogens is 576 g/mol. The molecule has 2 heterocycles. The van der Waals surface area contributed by atoms with Crippen LogP contribution in [-0.4, -0.2) is 42.5 Å². The Labute approximate surface area is 271 Å². The summed E-state index contributed by atoms with van der Waals surface area (Å²) in [6.07, 6.45) is 0.747. The fraction of sp³-hybridized carbons (Fsp3) is 0.333. The third-order valence-electron chi connectivity index (χ3n) is 9.13. The van der Waals surface area contributed by atoms with Crippen LogP contribution in [0.2, 0.25) is 0 Å². The summed E-state index contributed by atoms with van der Waals surface area (Å²) in [5, 5.41) is 0. The molecule has 2 saturated heterocycles. The Morgan fingerprint density at radius 3 is 2.02 bits per heavy atom. The van der Waals surface area contributed by atoms with Crippen LogP contribution in [0.1, 0.15) is 60.9 Å². The van der Waals surface area contributed by atoms with E-state index in [2.05, 4.69) is 84.6 Å². The molecule has 238 valence electrons. The van der Waals surface area contributed by atoms with Crippen molar-refractivity contribution >= 4 is 17.7 Å². The number of benzene rings is 4. The largest absolute Gasteiger partial charge is 0.446 e. The number of carbonyl (C=O) groups is 2. The molecule has 7 nitrogen and oxygen atoms in total. The van der Waals surface area contributed by atoms with E-state index in [0.29, 0.717) is 19.6 Å². The number of carbonyl (C=O) groups excluding carboxylic acids is 2. The Balaban J connectivity index is 1.38. The zero-order chi connectivity index (χ0) is 31.9. The monoisotopic (exact) mass is 618 g/mol. The Bertz CT molecular complexity index is 1550. The molecule has 2 aliphatic heterocycles. The quantitative estimate of drug-likeness (QED) is 0.170. The average Bonchev–Trinajstić information content (AvgIpc) is 3.49. The van der Waals surface area contributed by atoms with Gasteiger partial charge in [0.05, 0.1) is 19.1 Å². The first kappa shape index (κ1) is 31.5. The SMILES string of the molecule is CC[C@@H](c1cccc(N(Cc2ccccc2)Cc2ccccc2)c1)C(C(=O)N1C(=O)OCC1c1ccccc1)C1(C)OCCCO1. The van der Waals surface area contributed by atoms with Gasteiger partial charge in [0, 0.05) is 24.7 Å². The lowest BCUT2D eigenvalue weighted by Gasteiger charge is -2.44. The molecule has 7 heteroatoms. The summed E-state index contributed by atoms with van der Waals surface area (Å²) in [5.74, 6) is -2.65. The van der Waals surface area contributed by atoms with E-state index in [1.54, 1.807) is 0 Å². The number of hydrogen-bond acceptors (Lipinski definition) is 6. The Morgan fingerprint density at radius 1 is 0.848 bits per heavy atom. The van der Waals surface area contributed by atoms with E-state index >= 15 is 0 Å². The van der Waals surface area contributed by atoms with Crippen molar-refractivity contribution in [3.8, 4) is 0 Å². The number of cyclic esters (lactones) is 1. The first-order valence-electron chi connectivity index (χ1n) is 16.2. The number of imide groups is 1. The van der Waals surface area contributed by atoms with Gasteiger partial charge in [0.15, 0.2) is 5.79 Å². The van der Waals surface area contributed by atoms with Crippen molar-refractivity contribution in [1.82, 2.24) is 4.90 Å². The van der Waals surface area contributed by atoms with Crippen molar-refractivity contribution in [3.63, 3.8) is 0 Å². The van der Waals surface area contributed by atoms with E-state index in [9.17, 15) is 9.59 Å². The third kappa shape index (κ3) is 6.86. The van der Waals surface area contributed by atoms with Crippen molar-refractivity contribution in [2.45, 2.75) is 57.5 Å². The molecule has 2 fully saturated rings. The molecule has 4 aromatic rings. The topological polar surface area (TPSA) is 68.3 Å². The van der Waals surface area contributed by atoms with Gasteiger partial charge in [-0.15, -0.1) is 0 Å². The summed E-state index contributed by atoms with van der Waals surface area (Å²) >= 11 is 0. The summed E-state index contributed by atoms with van der Waals surface area (Å²) < 4.78 is 18.1. The van der Waals surface area contributed by atoms with Gasteiger partial charge in [-0.3, -0.25) is 4.79 Å². The minimum atomic E-state index is -1.22. The Kier molecular flexibility index (Phi) is 9.81. The van der Waals surface area contributed by atoms with Crippen molar-refractivity contribution in [2.24, 2.45) is 5.92 Å². The van der Waals surface area contributed by atoms with E-state index in [0.717, 1.165) is 36.3 Å². The van der Waals surface area contributed by atoms with Crippen LogP contribution in [0, 0.1) is 5.92 Å². The average molecular weight is 619 g/mol. The maximum atomic E-state index is 14.8. The summed E-state index contributed by atoms with van der Waals surface area (Å²) in [6, 6.07) is 38.4. The van der Waals surface area contributed by atoms with Crippen molar-refractivity contribution in [1.29, 1.82) is 0 Å². The molecule has 2 amide bonds. The highest BCUT2D eigenvalue weighted by atomic mass is 16.7. The second kappa shape index (κ2) is 14.3. The standard InChI is InChI=1S/C39H42N2O5/c1-3-34(32-21-13-22-33(25-32)40(26-29-15-7-4-8-16-29)27-30-17-9-5-10-18-30)36(39(2)45-23-14-24-46-39)37(42)41-35(28-44-38(41)43)31-19-11-6-12-20-31/h4-13,15-22,25,34-36H,3,14,23-24,26-28H2,1-2H3/t34-,35?,36?/m0/s1. The summed E-state index contributed by atoms with van der Waals surface area (Å²) in [6.45, 7) is 6.43. The lowest BCUT2D eigenvalue weighted by molar-refractivity contribution is -0.283. The fourth-order valence-electron chi connectivity index (χ4n) is 6.79. The molecule has 4 aromatic carbocycles. The smallest absolute Gasteiger partial charge is 0.417 e.